The number of rotatable bonds is 9. The van der Waals surface area contributed by atoms with Crippen molar-refractivity contribution in [1.29, 1.82) is 0 Å². The number of methoxy groups -OCH3 is 1. The van der Waals surface area contributed by atoms with Crippen molar-refractivity contribution in [2.75, 3.05) is 37.9 Å². The highest BCUT2D eigenvalue weighted by Crippen LogP contribution is 2.26. The molecule has 1 aromatic rings. The van der Waals surface area contributed by atoms with Crippen LogP contribution in [0.2, 0.25) is 0 Å². The van der Waals surface area contributed by atoms with Gasteiger partial charge in [0.15, 0.2) is 0 Å². The van der Waals surface area contributed by atoms with Crippen molar-refractivity contribution in [3.8, 4) is 6.01 Å². The molecule has 1 atom stereocenters. The van der Waals surface area contributed by atoms with Gasteiger partial charge in [-0.05, 0) is 33.2 Å². The van der Waals surface area contributed by atoms with Crippen molar-refractivity contribution in [1.82, 2.24) is 19.9 Å². The van der Waals surface area contributed by atoms with Gasteiger partial charge in [-0.1, -0.05) is 6.92 Å². The molecule has 1 aromatic heterocycles. The molecule has 7 heteroatoms. The maximum absolute atomic E-state index is 5.13. The Balaban J connectivity index is 1.94. The standard InChI is InChI=1S/C14H26N6O/c1-5-8-15-12-17-13(19-14(18-12)21-4)16-9-10(2)20(3)11-6-7-11/h10-11H,5-9H2,1-4H3,(H2,15,16,17,18,19). The zero-order valence-corrected chi connectivity index (χ0v) is 13.4. The number of hydrogen-bond donors (Lipinski definition) is 2. The molecule has 1 fully saturated rings. The van der Waals surface area contributed by atoms with Gasteiger partial charge in [0, 0.05) is 25.2 Å². The third-order valence-corrected chi connectivity index (χ3v) is 3.70. The van der Waals surface area contributed by atoms with Gasteiger partial charge in [0.25, 0.3) is 0 Å². The molecule has 118 valence electrons. The van der Waals surface area contributed by atoms with Crippen LogP contribution in [0, 0.1) is 0 Å². The summed E-state index contributed by atoms with van der Waals surface area (Å²) in [5.41, 5.74) is 0. The Morgan fingerprint density at radius 1 is 1.24 bits per heavy atom. The lowest BCUT2D eigenvalue weighted by atomic mass is 10.3. The van der Waals surface area contributed by atoms with E-state index in [1.54, 1.807) is 7.11 Å². The molecule has 0 aromatic carbocycles. The van der Waals surface area contributed by atoms with Crippen molar-refractivity contribution >= 4 is 11.9 Å². The Morgan fingerprint density at radius 2 is 1.90 bits per heavy atom. The molecule has 0 bridgehead atoms. The van der Waals surface area contributed by atoms with Gasteiger partial charge in [0.2, 0.25) is 11.9 Å². The van der Waals surface area contributed by atoms with E-state index in [1.165, 1.54) is 12.8 Å². The summed E-state index contributed by atoms with van der Waals surface area (Å²) in [5.74, 6) is 1.10. The number of nitrogens with zero attached hydrogens (tertiary/aromatic N) is 4. The minimum Gasteiger partial charge on any atom is -0.467 e. The Hall–Kier alpha value is -1.63. The summed E-state index contributed by atoms with van der Waals surface area (Å²) in [4.78, 5) is 15.2. The summed E-state index contributed by atoms with van der Waals surface area (Å²) in [6.45, 7) is 5.93. The molecule has 0 saturated heterocycles. The summed E-state index contributed by atoms with van der Waals surface area (Å²) in [5, 5.41) is 6.43. The summed E-state index contributed by atoms with van der Waals surface area (Å²) in [6.07, 6.45) is 3.64. The van der Waals surface area contributed by atoms with Gasteiger partial charge in [0.1, 0.15) is 0 Å². The topological polar surface area (TPSA) is 75.2 Å². The maximum atomic E-state index is 5.13. The zero-order chi connectivity index (χ0) is 15.2. The molecule has 0 radical (unpaired) electrons. The minimum atomic E-state index is 0.328. The highest BCUT2D eigenvalue weighted by molar-refractivity contribution is 5.35. The van der Waals surface area contributed by atoms with Crippen LogP contribution in [0.1, 0.15) is 33.1 Å². The third-order valence-electron chi connectivity index (χ3n) is 3.70. The molecule has 2 N–H and O–H groups in total. The first-order chi connectivity index (χ1) is 10.1. The SMILES string of the molecule is CCCNc1nc(NCC(C)N(C)C2CC2)nc(OC)n1. The molecule has 0 amide bonds. The molecule has 2 rings (SSSR count). The summed E-state index contributed by atoms with van der Waals surface area (Å²) >= 11 is 0. The van der Waals surface area contributed by atoms with Crippen LogP contribution in [0.3, 0.4) is 0 Å². The fourth-order valence-corrected chi connectivity index (χ4v) is 2.07. The zero-order valence-electron chi connectivity index (χ0n) is 13.4. The van der Waals surface area contributed by atoms with Gasteiger partial charge in [-0.2, -0.15) is 15.0 Å². The van der Waals surface area contributed by atoms with E-state index in [2.05, 4.69) is 51.4 Å². The lowest BCUT2D eigenvalue weighted by Crippen LogP contribution is -2.36. The lowest BCUT2D eigenvalue weighted by Gasteiger charge is -2.24. The van der Waals surface area contributed by atoms with E-state index >= 15 is 0 Å². The summed E-state index contributed by atoms with van der Waals surface area (Å²) in [7, 11) is 3.73. The van der Waals surface area contributed by atoms with E-state index in [9.17, 15) is 0 Å². The van der Waals surface area contributed by atoms with E-state index in [-0.39, 0.29) is 0 Å². The van der Waals surface area contributed by atoms with Crippen LogP contribution in [0.4, 0.5) is 11.9 Å². The normalized spacial score (nSPS) is 15.9. The molecule has 0 aliphatic heterocycles. The molecule has 7 nitrogen and oxygen atoms in total. The quantitative estimate of drug-likeness (QED) is 0.716. The summed E-state index contributed by atoms with van der Waals surface area (Å²) < 4.78 is 5.13. The smallest absolute Gasteiger partial charge is 0.322 e. The first kappa shape index (κ1) is 15.8. The van der Waals surface area contributed by atoms with Crippen LogP contribution >= 0.6 is 0 Å². The van der Waals surface area contributed by atoms with Gasteiger partial charge in [-0.15, -0.1) is 0 Å². The molecule has 1 aliphatic carbocycles. The van der Waals surface area contributed by atoms with Crippen molar-refractivity contribution in [2.45, 2.75) is 45.2 Å². The number of nitrogens with one attached hydrogen (secondary N) is 2. The fourth-order valence-electron chi connectivity index (χ4n) is 2.07. The molecular formula is C14H26N6O. The largest absolute Gasteiger partial charge is 0.467 e. The van der Waals surface area contributed by atoms with Crippen LogP contribution in [0.15, 0.2) is 0 Å². The number of anilines is 2. The monoisotopic (exact) mass is 294 g/mol. The molecule has 1 aliphatic rings. The van der Waals surface area contributed by atoms with Gasteiger partial charge < -0.3 is 15.4 Å². The Bertz CT molecular complexity index is 451. The highest BCUT2D eigenvalue weighted by Gasteiger charge is 2.28. The molecule has 1 saturated carbocycles. The van der Waals surface area contributed by atoms with Crippen molar-refractivity contribution in [2.24, 2.45) is 0 Å². The van der Waals surface area contributed by atoms with Crippen LogP contribution in [0.25, 0.3) is 0 Å². The molecule has 0 spiro atoms. The molecular weight excluding hydrogens is 268 g/mol. The molecule has 1 unspecified atom stereocenters. The average Bonchev–Trinajstić information content (AvgIpc) is 3.34. The van der Waals surface area contributed by atoms with E-state index in [0.717, 1.165) is 25.6 Å². The predicted octanol–water partition coefficient (Wildman–Crippen LogP) is 1.60. The Labute approximate surface area is 126 Å². The number of likely N-dealkylation sites (N-methyl/N-ethyl adjacent to an activating group) is 1. The van der Waals surface area contributed by atoms with Crippen molar-refractivity contribution < 1.29 is 4.74 Å². The average molecular weight is 294 g/mol. The van der Waals surface area contributed by atoms with Crippen LogP contribution in [-0.2, 0) is 0 Å². The maximum Gasteiger partial charge on any atom is 0.322 e. The Kier molecular flexibility index (Phi) is 5.55. The highest BCUT2D eigenvalue weighted by atomic mass is 16.5. The van der Waals surface area contributed by atoms with Crippen molar-refractivity contribution in [3.63, 3.8) is 0 Å². The second-order valence-corrected chi connectivity index (χ2v) is 5.52. The van der Waals surface area contributed by atoms with Crippen LogP contribution < -0.4 is 15.4 Å². The first-order valence-corrected chi connectivity index (χ1v) is 7.63. The number of aromatic nitrogens is 3. The second-order valence-electron chi connectivity index (χ2n) is 5.52. The Morgan fingerprint density at radius 3 is 2.48 bits per heavy atom. The van der Waals surface area contributed by atoms with E-state index in [4.69, 9.17) is 4.74 Å². The third kappa shape index (κ3) is 4.70. The van der Waals surface area contributed by atoms with E-state index in [0.29, 0.717) is 23.9 Å². The lowest BCUT2D eigenvalue weighted by molar-refractivity contribution is 0.257. The van der Waals surface area contributed by atoms with Gasteiger partial charge in [-0.3, -0.25) is 4.90 Å². The van der Waals surface area contributed by atoms with Crippen molar-refractivity contribution in [3.05, 3.63) is 0 Å². The molecule has 1 heterocycles. The first-order valence-electron chi connectivity index (χ1n) is 7.63. The van der Waals surface area contributed by atoms with Gasteiger partial charge in [0.05, 0.1) is 7.11 Å². The van der Waals surface area contributed by atoms with E-state index in [1.807, 2.05) is 0 Å². The van der Waals surface area contributed by atoms with Gasteiger partial charge >= 0.3 is 6.01 Å². The second kappa shape index (κ2) is 7.40. The van der Waals surface area contributed by atoms with Crippen LogP contribution in [-0.4, -0.2) is 59.2 Å². The fraction of sp³-hybridized carbons (Fsp3) is 0.786. The number of ether oxygens (including phenoxy) is 1. The predicted molar refractivity (Wildman–Crippen MR) is 83.9 cm³/mol. The molecule has 21 heavy (non-hydrogen) atoms. The van der Waals surface area contributed by atoms with Crippen LogP contribution in [0.5, 0.6) is 6.01 Å². The van der Waals surface area contributed by atoms with E-state index < -0.39 is 0 Å². The van der Waals surface area contributed by atoms with Gasteiger partial charge in [-0.25, -0.2) is 0 Å². The minimum absolute atomic E-state index is 0.328. The number of hydrogen-bond acceptors (Lipinski definition) is 7. The summed E-state index contributed by atoms with van der Waals surface area (Å²) in [6, 6.07) is 1.51.